The lowest BCUT2D eigenvalue weighted by molar-refractivity contribution is 0.0947. The number of pyridine rings is 1. The Labute approximate surface area is 166 Å². The highest BCUT2D eigenvalue weighted by molar-refractivity contribution is 5.92. The van der Waals surface area contributed by atoms with Gasteiger partial charge in [0.1, 0.15) is 11.5 Å². The number of rotatable bonds is 7. The van der Waals surface area contributed by atoms with E-state index in [0.29, 0.717) is 18.2 Å². The maximum absolute atomic E-state index is 12.5. The normalized spacial score (nSPS) is 14.4. The third kappa shape index (κ3) is 5.39. The second kappa shape index (κ2) is 9.45. The van der Waals surface area contributed by atoms with Gasteiger partial charge in [-0.2, -0.15) is 0 Å². The number of carbonyl (C=O) groups is 1. The summed E-state index contributed by atoms with van der Waals surface area (Å²) in [4.78, 5) is 32.4. The monoisotopic (exact) mass is 383 g/mol. The molecule has 1 aliphatic heterocycles. The first-order chi connectivity index (χ1) is 13.5. The second-order valence-corrected chi connectivity index (χ2v) is 7.27. The lowest BCUT2D eigenvalue weighted by Gasteiger charge is -2.35. The number of aryl methyl sites for hydroxylation is 1. The third-order valence-corrected chi connectivity index (χ3v) is 4.68. The summed E-state index contributed by atoms with van der Waals surface area (Å²) in [6.45, 7) is 6.76. The molecule has 1 saturated heterocycles. The van der Waals surface area contributed by atoms with Crippen LogP contribution in [0.15, 0.2) is 30.5 Å². The Bertz CT molecular complexity index is 773. The summed E-state index contributed by atoms with van der Waals surface area (Å²) in [5.41, 5.74) is 1.23. The van der Waals surface area contributed by atoms with E-state index in [1.54, 1.807) is 6.07 Å². The Morgan fingerprint density at radius 3 is 2.57 bits per heavy atom. The average molecular weight is 384 g/mol. The zero-order chi connectivity index (χ0) is 19.9. The number of nitrogens with zero attached hydrogens (tertiary/aromatic N) is 6. The van der Waals surface area contributed by atoms with Crippen molar-refractivity contribution in [3.05, 3.63) is 41.9 Å². The largest absolute Gasteiger partial charge is 0.353 e. The van der Waals surface area contributed by atoms with Crippen LogP contribution in [0.2, 0.25) is 0 Å². The molecule has 0 radical (unpaired) electrons. The van der Waals surface area contributed by atoms with Gasteiger partial charge in [0.15, 0.2) is 0 Å². The number of amides is 1. The topological polar surface area (TPSA) is 77.5 Å². The van der Waals surface area contributed by atoms with Crippen LogP contribution in [-0.4, -0.2) is 79.1 Å². The van der Waals surface area contributed by atoms with E-state index in [4.69, 9.17) is 0 Å². The number of hydrogen-bond donors (Lipinski definition) is 1. The van der Waals surface area contributed by atoms with Crippen LogP contribution in [0.5, 0.6) is 0 Å². The molecule has 3 rings (SSSR count). The highest BCUT2D eigenvalue weighted by Crippen LogP contribution is 2.17. The minimum atomic E-state index is -0.141. The van der Waals surface area contributed by atoms with Gasteiger partial charge in [-0.15, -0.1) is 0 Å². The number of aromatic nitrogens is 3. The molecule has 8 heteroatoms. The molecule has 1 N–H and O–H groups in total. The molecule has 2 aromatic rings. The number of piperazine rings is 1. The van der Waals surface area contributed by atoms with Crippen LogP contribution in [0.1, 0.15) is 22.6 Å². The molecule has 0 aromatic carbocycles. The highest BCUT2D eigenvalue weighted by atomic mass is 16.1. The van der Waals surface area contributed by atoms with Gasteiger partial charge >= 0.3 is 0 Å². The standard InChI is InChI=1S/C20H29N7O/c1-16-15-17(19(28)22-9-6-10-25(2)3)24-20(23-16)27-13-11-26(12-14-27)18-7-4-5-8-21-18/h4-5,7-8,15H,6,9-14H2,1-3H3,(H,22,28). The Morgan fingerprint density at radius 2 is 1.89 bits per heavy atom. The SMILES string of the molecule is Cc1cc(C(=O)NCCCN(C)C)nc(N2CCN(c3ccccn3)CC2)n1. The van der Waals surface area contributed by atoms with Gasteiger partial charge in [0, 0.05) is 44.6 Å². The lowest BCUT2D eigenvalue weighted by Crippen LogP contribution is -2.47. The van der Waals surface area contributed by atoms with E-state index in [0.717, 1.165) is 50.7 Å². The number of hydrogen-bond acceptors (Lipinski definition) is 7. The average Bonchev–Trinajstić information content (AvgIpc) is 2.71. The maximum atomic E-state index is 12.5. The zero-order valence-corrected chi connectivity index (χ0v) is 16.9. The summed E-state index contributed by atoms with van der Waals surface area (Å²) in [7, 11) is 4.05. The molecule has 150 valence electrons. The highest BCUT2D eigenvalue weighted by Gasteiger charge is 2.21. The Hall–Kier alpha value is -2.74. The molecule has 2 aromatic heterocycles. The van der Waals surface area contributed by atoms with Gasteiger partial charge in [0.05, 0.1) is 0 Å². The fourth-order valence-corrected chi connectivity index (χ4v) is 3.17. The summed E-state index contributed by atoms with van der Waals surface area (Å²) in [6, 6.07) is 7.70. The molecular weight excluding hydrogens is 354 g/mol. The number of anilines is 2. The van der Waals surface area contributed by atoms with E-state index >= 15 is 0 Å². The first kappa shape index (κ1) is 20.0. The van der Waals surface area contributed by atoms with E-state index in [1.165, 1.54) is 0 Å². The molecule has 3 heterocycles. The van der Waals surface area contributed by atoms with Gasteiger partial charge < -0.3 is 20.0 Å². The van der Waals surface area contributed by atoms with Crippen LogP contribution in [0.3, 0.4) is 0 Å². The minimum absolute atomic E-state index is 0.141. The number of carbonyl (C=O) groups excluding carboxylic acids is 1. The van der Waals surface area contributed by atoms with Gasteiger partial charge in [0.25, 0.3) is 5.91 Å². The molecule has 0 saturated carbocycles. The molecular formula is C20H29N7O. The molecule has 1 aliphatic rings. The van der Waals surface area contributed by atoms with Crippen molar-refractivity contribution in [2.45, 2.75) is 13.3 Å². The van der Waals surface area contributed by atoms with Crippen LogP contribution in [0.25, 0.3) is 0 Å². The predicted octanol–water partition coefficient (Wildman–Crippen LogP) is 1.19. The molecule has 0 aliphatic carbocycles. The predicted molar refractivity (Wildman–Crippen MR) is 111 cm³/mol. The summed E-state index contributed by atoms with van der Waals surface area (Å²) in [5, 5.41) is 2.95. The fraction of sp³-hybridized carbons (Fsp3) is 0.500. The van der Waals surface area contributed by atoms with Crippen LogP contribution in [0.4, 0.5) is 11.8 Å². The number of nitrogens with one attached hydrogen (secondary N) is 1. The summed E-state index contributed by atoms with van der Waals surface area (Å²) in [5.74, 6) is 1.47. The van der Waals surface area contributed by atoms with Gasteiger partial charge in [-0.1, -0.05) is 6.07 Å². The quantitative estimate of drug-likeness (QED) is 0.720. The van der Waals surface area contributed by atoms with Crippen LogP contribution < -0.4 is 15.1 Å². The summed E-state index contributed by atoms with van der Waals surface area (Å²) < 4.78 is 0. The molecule has 28 heavy (non-hydrogen) atoms. The Balaban J connectivity index is 1.60. The first-order valence-electron chi connectivity index (χ1n) is 9.72. The van der Waals surface area contributed by atoms with Crippen molar-refractivity contribution in [2.24, 2.45) is 0 Å². The zero-order valence-electron chi connectivity index (χ0n) is 16.9. The van der Waals surface area contributed by atoms with Crippen molar-refractivity contribution < 1.29 is 4.79 Å². The fourth-order valence-electron chi connectivity index (χ4n) is 3.17. The molecule has 0 bridgehead atoms. The van der Waals surface area contributed by atoms with Crippen molar-refractivity contribution in [3.63, 3.8) is 0 Å². The van der Waals surface area contributed by atoms with E-state index in [9.17, 15) is 4.79 Å². The van der Waals surface area contributed by atoms with Crippen LogP contribution >= 0.6 is 0 Å². The smallest absolute Gasteiger partial charge is 0.270 e. The van der Waals surface area contributed by atoms with Crippen molar-refractivity contribution in [1.82, 2.24) is 25.2 Å². The Morgan fingerprint density at radius 1 is 1.14 bits per heavy atom. The van der Waals surface area contributed by atoms with E-state index in [2.05, 4.69) is 35.0 Å². The molecule has 0 spiro atoms. The van der Waals surface area contributed by atoms with Crippen LogP contribution in [-0.2, 0) is 0 Å². The van der Waals surface area contributed by atoms with E-state index < -0.39 is 0 Å². The van der Waals surface area contributed by atoms with Crippen LogP contribution in [0, 0.1) is 6.92 Å². The third-order valence-electron chi connectivity index (χ3n) is 4.68. The summed E-state index contributed by atoms with van der Waals surface area (Å²) in [6.07, 6.45) is 2.72. The van der Waals surface area contributed by atoms with Gasteiger partial charge in [-0.3, -0.25) is 4.79 Å². The summed E-state index contributed by atoms with van der Waals surface area (Å²) >= 11 is 0. The molecule has 1 amide bonds. The first-order valence-corrected chi connectivity index (χ1v) is 9.72. The van der Waals surface area contributed by atoms with Crippen molar-refractivity contribution >= 4 is 17.7 Å². The van der Waals surface area contributed by atoms with Crippen molar-refractivity contribution in [1.29, 1.82) is 0 Å². The maximum Gasteiger partial charge on any atom is 0.270 e. The van der Waals surface area contributed by atoms with Gasteiger partial charge in [-0.25, -0.2) is 15.0 Å². The second-order valence-electron chi connectivity index (χ2n) is 7.27. The van der Waals surface area contributed by atoms with Gasteiger partial charge in [-0.05, 0) is 52.2 Å². The Kier molecular flexibility index (Phi) is 6.76. The van der Waals surface area contributed by atoms with Crippen molar-refractivity contribution in [3.8, 4) is 0 Å². The molecule has 8 nitrogen and oxygen atoms in total. The molecule has 1 fully saturated rings. The van der Waals surface area contributed by atoms with E-state index in [1.807, 2.05) is 45.4 Å². The molecule has 0 atom stereocenters. The van der Waals surface area contributed by atoms with Crippen molar-refractivity contribution in [2.75, 3.05) is 63.2 Å². The minimum Gasteiger partial charge on any atom is -0.353 e. The molecule has 0 unspecified atom stereocenters. The van der Waals surface area contributed by atoms with Gasteiger partial charge in [0.2, 0.25) is 5.95 Å². The van der Waals surface area contributed by atoms with E-state index in [-0.39, 0.29) is 5.91 Å². The lowest BCUT2D eigenvalue weighted by atomic mass is 10.3.